The third kappa shape index (κ3) is 4.46. The molecular weight excluding hydrogens is 468 g/mol. The van der Waals surface area contributed by atoms with E-state index in [1.54, 1.807) is 52.3 Å². The number of nitrogens with zero attached hydrogens (tertiary/aromatic N) is 2. The fraction of sp³-hybridized carbons (Fsp3) is 0.269. The van der Waals surface area contributed by atoms with Crippen molar-refractivity contribution in [2.45, 2.75) is 19.9 Å². The van der Waals surface area contributed by atoms with Gasteiger partial charge in [-0.2, -0.15) is 0 Å². The fourth-order valence-electron chi connectivity index (χ4n) is 4.06. The van der Waals surface area contributed by atoms with Gasteiger partial charge in [0.25, 0.3) is 5.56 Å². The molecule has 1 aliphatic heterocycles. The second-order valence-corrected chi connectivity index (χ2v) is 8.67. The molecule has 0 radical (unpaired) electrons. The maximum Gasteiger partial charge on any atom is 0.338 e. The molecule has 0 unspecified atom stereocenters. The van der Waals surface area contributed by atoms with E-state index in [0.29, 0.717) is 43.4 Å². The summed E-state index contributed by atoms with van der Waals surface area (Å²) in [6.07, 6.45) is 1.78. The highest BCUT2D eigenvalue weighted by Gasteiger charge is 2.34. The molecule has 0 bridgehead atoms. The van der Waals surface area contributed by atoms with Crippen LogP contribution in [0.5, 0.6) is 17.2 Å². The van der Waals surface area contributed by atoms with Gasteiger partial charge >= 0.3 is 5.97 Å². The predicted molar refractivity (Wildman–Crippen MR) is 133 cm³/mol. The van der Waals surface area contributed by atoms with Gasteiger partial charge in [0.15, 0.2) is 16.3 Å². The molecule has 1 aromatic heterocycles. The van der Waals surface area contributed by atoms with Gasteiger partial charge in [-0.3, -0.25) is 9.36 Å². The van der Waals surface area contributed by atoms with Crippen LogP contribution in [0, 0.1) is 0 Å². The average molecular weight is 495 g/mol. The Morgan fingerprint density at radius 2 is 1.77 bits per heavy atom. The number of hydrogen-bond donors (Lipinski definition) is 0. The first kappa shape index (κ1) is 24.3. The smallest absolute Gasteiger partial charge is 0.338 e. The summed E-state index contributed by atoms with van der Waals surface area (Å²) < 4.78 is 23.6. The summed E-state index contributed by atoms with van der Waals surface area (Å²) in [5.41, 5.74) is 1.96. The molecule has 0 saturated heterocycles. The lowest BCUT2D eigenvalue weighted by Crippen LogP contribution is -2.40. The molecule has 1 aliphatic rings. The van der Waals surface area contributed by atoms with Crippen molar-refractivity contribution in [3.63, 3.8) is 0 Å². The van der Waals surface area contributed by atoms with Crippen molar-refractivity contribution < 1.29 is 23.7 Å². The van der Waals surface area contributed by atoms with E-state index in [2.05, 4.69) is 4.99 Å². The van der Waals surface area contributed by atoms with Crippen LogP contribution in [0.1, 0.15) is 31.0 Å². The minimum Gasteiger partial charge on any atom is -0.496 e. The Balaban J connectivity index is 1.98. The number of methoxy groups -OCH3 is 3. The first-order valence-electron chi connectivity index (χ1n) is 11.0. The standard InChI is InChI=1S/C26H26N2O6S/c1-6-34-25(30)22-15(2)27-26-28(23(22)17-11-12-19(32-4)20(13-17)33-5)24(29)21(35-26)14-16-9-7-8-10-18(16)31-3/h7-14,23H,6H2,1-5H3/b21-14-/t23-/m1/s1. The first-order chi connectivity index (χ1) is 16.9. The predicted octanol–water partition coefficient (Wildman–Crippen LogP) is 2.82. The van der Waals surface area contributed by atoms with Gasteiger partial charge in [-0.05, 0) is 43.7 Å². The topological polar surface area (TPSA) is 88.4 Å². The van der Waals surface area contributed by atoms with Gasteiger partial charge in [-0.25, -0.2) is 9.79 Å². The summed E-state index contributed by atoms with van der Waals surface area (Å²) in [5.74, 6) is 1.16. The van der Waals surface area contributed by atoms with E-state index in [-0.39, 0.29) is 12.2 Å². The van der Waals surface area contributed by atoms with E-state index in [0.717, 1.165) is 5.56 Å². The maximum atomic E-state index is 13.7. The Labute approximate surface area is 206 Å². The lowest BCUT2D eigenvalue weighted by atomic mass is 9.95. The van der Waals surface area contributed by atoms with Gasteiger partial charge in [0.2, 0.25) is 0 Å². The van der Waals surface area contributed by atoms with E-state index in [9.17, 15) is 9.59 Å². The molecule has 0 aliphatic carbocycles. The van der Waals surface area contributed by atoms with Crippen molar-refractivity contribution in [2.24, 2.45) is 4.99 Å². The molecule has 0 N–H and O–H groups in total. The molecule has 35 heavy (non-hydrogen) atoms. The number of allylic oxidation sites excluding steroid dienone is 1. The van der Waals surface area contributed by atoms with Gasteiger partial charge in [0.1, 0.15) is 5.75 Å². The van der Waals surface area contributed by atoms with Crippen LogP contribution in [0.4, 0.5) is 0 Å². The molecule has 0 amide bonds. The molecular formula is C26H26N2O6S. The van der Waals surface area contributed by atoms with Gasteiger partial charge in [-0.1, -0.05) is 35.6 Å². The number of rotatable bonds is 7. The molecule has 2 aromatic carbocycles. The Bertz CT molecular complexity index is 1480. The van der Waals surface area contributed by atoms with Crippen LogP contribution >= 0.6 is 11.3 Å². The number of aromatic nitrogens is 1. The molecule has 0 fully saturated rings. The van der Waals surface area contributed by atoms with Crippen molar-refractivity contribution in [1.29, 1.82) is 0 Å². The quantitative estimate of drug-likeness (QED) is 0.470. The minimum atomic E-state index is -0.745. The number of para-hydroxylation sites is 1. The zero-order valence-corrected chi connectivity index (χ0v) is 21.0. The maximum absolute atomic E-state index is 13.7. The number of benzene rings is 2. The molecule has 3 aromatic rings. The zero-order valence-electron chi connectivity index (χ0n) is 20.2. The van der Waals surface area contributed by atoms with Crippen molar-refractivity contribution in [3.05, 3.63) is 84.5 Å². The van der Waals surface area contributed by atoms with E-state index in [1.165, 1.54) is 23.0 Å². The zero-order chi connectivity index (χ0) is 25.1. The number of carbonyl (C=O) groups is 1. The Morgan fingerprint density at radius 1 is 1.06 bits per heavy atom. The summed E-state index contributed by atoms with van der Waals surface area (Å²) in [5, 5.41) is 0. The average Bonchev–Trinajstić information content (AvgIpc) is 3.17. The van der Waals surface area contributed by atoms with Crippen LogP contribution in [0.3, 0.4) is 0 Å². The van der Waals surface area contributed by atoms with Crippen molar-refractivity contribution in [3.8, 4) is 17.2 Å². The van der Waals surface area contributed by atoms with Crippen molar-refractivity contribution >= 4 is 23.4 Å². The van der Waals surface area contributed by atoms with E-state index < -0.39 is 12.0 Å². The summed E-state index contributed by atoms with van der Waals surface area (Å²) in [6, 6.07) is 12.0. The summed E-state index contributed by atoms with van der Waals surface area (Å²) in [7, 11) is 4.67. The summed E-state index contributed by atoms with van der Waals surface area (Å²) in [6.45, 7) is 3.69. The normalized spacial score (nSPS) is 15.3. The third-order valence-electron chi connectivity index (χ3n) is 5.67. The van der Waals surface area contributed by atoms with Crippen LogP contribution < -0.4 is 29.1 Å². The number of ether oxygens (including phenoxy) is 4. The van der Waals surface area contributed by atoms with Crippen LogP contribution in [0.2, 0.25) is 0 Å². The summed E-state index contributed by atoms with van der Waals surface area (Å²) >= 11 is 1.25. The number of esters is 1. The van der Waals surface area contributed by atoms with Crippen LogP contribution in [0.15, 0.2) is 63.5 Å². The SMILES string of the molecule is CCOC(=O)C1=C(C)N=c2s/c(=C\c3ccccc3OC)c(=O)n2[C@@H]1c1ccc(OC)c(OC)c1. The van der Waals surface area contributed by atoms with Crippen LogP contribution in [-0.2, 0) is 9.53 Å². The molecule has 182 valence electrons. The number of hydrogen-bond acceptors (Lipinski definition) is 8. The second-order valence-electron chi connectivity index (χ2n) is 7.66. The molecule has 4 rings (SSSR count). The first-order valence-corrected chi connectivity index (χ1v) is 11.8. The Morgan fingerprint density at radius 3 is 2.46 bits per heavy atom. The van der Waals surface area contributed by atoms with Crippen molar-refractivity contribution in [1.82, 2.24) is 4.57 Å². The van der Waals surface area contributed by atoms with E-state index in [4.69, 9.17) is 18.9 Å². The molecule has 9 heteroatoms. The second kappa shape index (κ2) is 10.2. The van der Waals surface area contributed by atoms with E-state index in [1.807, 2.05) is 24.3 Å². The number of thiazole rings is 1. The van der Waals surface area contributed by atoms with Gasteiger partial charge in [0, 0.05) is 5.56 Å². The molecule has 2 heterocycles. The summed E-state index contributed by atoms with van der Waals surface area (Å²) in [4.78, 5) is 31.9. The monoisotopic (exact) mass is 494 g/mol. The van der Waals surface area contributed by atoms with Gasteiger partial charge < -0.3 is 18.9 Å². The Hall–Kier alpha value is -3.85. The van der Waals surface area contributed by atoms with E-state index >= 15 is 0 Å². The fourth-order valence-corrected chi connectivity index (χ4v) is 5.09. The largest absolute Gasteiger partial charge is 0.496 e. The van der Waals surface area contributed by atoms with Crippen LogP contribution in [0.25, 0.3) is 6.08 Å². The lowest BCUT2D eigenvalue weighted by Gasteiger charge is -2.25. The molecule has 1 atom stereocenters. The van der Waals surface area contributed by atoms with Crippen LogP contribution in [-0.4, -0.2) is 38.5 Å². The highest BCUT2D eigenvalue weighted by Crippen LogP contribution is 2.36. The molecule has 0 spiro atoms. The minimum absolute atomic E-state index is 0.201. The number of carbonyl (C=O) groups excluding carboxylic acids is 1. The Kier molecular flexibility index (Phi) is 7.07. The van der Waals surface area contributed by atoms with Crippen molar-refractivity contribution in [2.75, 3.05) is 27.9 Å². The number of fused-ring (bicyclic) bond motifs is 1. The highest BCUT2D eigenvalue weighted by molar-refractivity contribution is 7.07. The molecule has 8 nitrogen and oxygen atoms in total. The van der Waals surface area contributed by atoms with Gasteiger partial charge in [-0.15, -0.1) is 0 Å². The lowest BCUT2D eigenvalue weighted by molar-refractivity contribution is -0.139. The molecule has 0 saturated carbocycles. The van der Waals surface area contributed by atoms with Gasteiger partial charge in [0.05, 0.1) is 49.8 Å². The third-order valence-corrected chi connectivity index (χ3v) is 6.65. The highest BCUT2D eigenvalue weighted by atomic mass is 32.1.